The average molecular weight is 280 g/mol. The number of ether oxygens (including phenoxy) is 2. The second-order valence-corrected chi connectivity index (χ2v) is 4.66. The largest absolute Gasteiger partial charge is 0.490 e. The van der Waals surface area contributed by atoms with Gasteiger partial charge in [0.1, 0.15) is 0 Å². The molecule has 1 N–H and O–H groups in total. The first-order valence-electron chi connectivity index (χ1n) is 7.32. The molecule has 4 heteroatoms. The van der Waals surface area contributed by atoms with Gasteiger partial charge in [0.25, 0.3) is 0 Å². The lowest BCUT2D eigenvalue weighted by Gasteiger charge is -2.12. The first-order valence-corrected chi connectivity index (χ1v) is 7.32. The number of carboxylic acid groups (broad SMARTS) is 1. The fourth-order valence-electron chi connectivity index (χ4n) is 1.92. The molecule has 1 aromatic carbocycles. The molecule has 0 saturated carbocycles. The molecule has 112 valence electrons. The van der Waals surface area contributed by atoms with Crippen molar-refractivity contribution in [2.24, 2.45) is 0 Å². The van der Waals surface area contributed by atoms with Crippen molar-refractivity contribution in [3.8, 4) is 11.5 Å². The maximum atomic E-state index is 10.9. The molecular formula is C16H24O4. The summed E-state index contributed by atoms with van der Waals surface area (Å²) in [6.45, 7) is 5.17. The maximum Gasteiger partial charge on any atom is 0.335 e. The molecule has 1 aromatic rings. The Labute approximate surface area is 120 Å². The van der Waals surface area contributed by atoms with Gasteiger partial charge in [-0.25, -0.2) is 4.79 Å². The van der Waals surface area contributed by atoms with Crippen LogP contribution in [0.3, 0.4) is 0 Å². The minimum absolute atomic E-state index is 0.212. The van der Waals surface area contributed by atoms with Gasteiger partial charge in [0.05, 0.1) is 18.8 Å². The van der Waals surface area contributed by atoms with Gasteiger partial charge in [-0.15, -0.1) is 0 Å². The number of benzene rings is 1. The number of unbranched alkanes of at least 4 members (excludes halogenated alkanes) is 4. The molecule has 0 aliphatic heterocycles. The lowest BCUT2D eigenvalue weighted by atomic mass is 10.2. The first-order chi connectivity index (χ1) is 9.69. The smallest absolute Gasteiger partial charge is 0.335 e. The van der Waals surface area contributed by atoms with Crippen LogP contribution in [-0.2, 0) is 0 Å². The van der Waals surface area contributed by atoms with Crippen LogP contribution in [0.1, 0.15) is 56.3 Å². The van der Waals surface area contributed by atoms with E-state index in [9.17, 15) is 4.79 Å². The van der Waals surface area contributed by atoms with Crippen LogP contribution in [0, 0.1) is 0 Å². The van der Waals surface area contributed by atoms with Crippen molar-refractivity contribution in [1.29, 1.82) is 0 Å². The van der Waals surface area contributed by atoms with Crippen molar-refractivity contribution in [3.63, 3.8) is 0 Å². The van der Waals surface area contributed by atoms with E-state index in [1.165, 1.54) is 31.4 Å². The van der Waals surface area contributed by atoms with Crippen LogP contribution >= 0.6 is 0 Å². The third kappa shape index (κ3) is 5.51. The summed E-state index contributed by atoms with van der Waals surface area (Å²) in [4.78, 5) is 10.9. The summed E-state index contributed by atoms with van der Waals surface area (Å²) in [6.07, 6.45) is 5.89. The van der Waals surface area contributed by atoms with Crippen LogP contribution in [0.2, 0.25) is 0 Å². The summed E-state index contributed by atoms with van der Waals surface area (Å²) in [7, 11) is 0. The van der Waals surface area contributed by atoms with Crippen LogP contribution in [0.4, 0.5) is 0 Å². The molecular weight excluding hydrogens is 256 g/mol. The minimum atomic E-state index is -0.961. The summed E-state index contributed by atoms with van der Waals surface area (Å²) in [5, 5.41) is 8.97. The zero-order chi connectivity index (χ0) is 14.8. The molecule has 0 radical (unpaired) electrons. The van der Waals surface area contributed by atoms with Gasteiger partial charge in [0, 0.05) is 0 Å². The van der Waals surface area contributed by atoms with Gasteiger partial charge >= 0.3 is 5.97 Å². The summed E-state index contributed by atoms with van der Waals surface area (Å²) in [5.74, 6) is 0.158. The van der Waals surface area contributed by atoms with E-state index in [0.29, 0.717) is 24.7 Å². The monoisotopic (exact) mass is 280 g/mol. The van der Waals surface area contributed by atoms with Crippen molar-refractivity contribution < 1.29 is 19.4 Å². The highest BCUT2D eigenvalue weighted by atomic mass is 16.5. The van der Waals surface area contributed by atoms with Crippen molar-refractivity contribution in [2.75, 3.05) is 13.2 Å². The molecule has 0 aliphatic carbocycles. The van der Waals surface area contributed by atoms with Crippen molar-refractivity contribution in [3.05, 3.63) is 23.8 Å². The van der Waals surface area contributed by atoms with E-state index < -0.39 is 5.97 Å². The lowest BCUT2D eigenvalue weighted by Crippen LogP contribution is -2.03. The fraction of sp³-hybridized carbons (Fsp3) is 0.562. The Balaban J connectivity index is 2.53. The average Bonchev–Trinajstić information content (AvgIpc) is 2.44. The van der Waals surface area contributed by atoms with Gasteiger partial charge in [-0.05, 0) is 31.5 Å². The molecule has 0 spiro atoms. The second-order valence-electron chi connectivity index (χ2n) is 4.66. The zero-order valence-electron chi connectivity index (χ0n) is 12.4. The third-order valence-corrected chi connectivity index (χ3v) is 3.00. The predicted molar refractivity (Wildman–Crippen MR) is 78.8 cm³/mol. The molecule has 1 rings (SSSR count). The summed E-state index contributed by atoms with van der Waals surface area (Å²) >= 11 is 0. The van der Waals surface area contributed by atoms with Crippen LogP contribution in [0.25, 0.3) is 0 Å². The van der Waals surface area contributed by atoms with Gasteiger partial charge in [-0.3, -0.25) is 0 Å². The molecule has 0 amide bonds. The molecule has 0 unspecified atom stereocenters. The number of carbonyl (C=O) groups is 1. The lowest BCUT2D eigenvalue weighted by molar-refractivity contribution is 0.0696. The fourth-order valence-corrected chi connectivity index (χ4v) is 1.92. The highest BCUT2D eigenvalue weighted by molar-refractivity contribution is 5.88. The summed E-state index contributed by atoms with van der Waals surface area (Å²) < 4.78 is 11.1. The number of hydrogen-bond donors (Lipinski definition) is 1. The van der Waals surface area contributed by atoms with E-state index in [4.69, 9.17) is 14.6 Å². The van der Waals surface area contributed by atoms with Crippen molar-refractivity contribution in [2.45, 2.75) is 46.0 Å². The molecule has 0 aliphatic rings. The van der Waals surface area contributed by atoms with Crippen LogP contribution in [0.15, 0.2) is 18.2 Å². The first kappa shape index (κ1) is 16.3. The maximum absolute atomic E-state index is 10.9. The molecule has 0 heterocycles. The number of aromatic carboxylic acids is 1. The summed E-state index contributed by atoms with van der Waals surface area (Å²) in [6, 6.07) is 4.72. The van der Waals surface area contributed by atoms with E-state index in [1.807, 2.05) is 6.92 Å². The number of rotatable bonds is 10. The Morgan fingerprint density at radius 3 is 2.45 bits per heavy atom. The minimum Gasteiger partial charge on any atom is -0.490 e. The van der Waals surface area contributed by atoms with E-state index >= 15 is 0 Å². The van der Waals surface area contributed by atoms with E-state index in [0.717, 1.165) is 12.8 Å². The Bertz CT molecular complexity index is 415. The number of hydrogen-bond acceptors (Lipinski definition) is 3. The van der Waals surface area contributed by atoms with Gasteiger partial charge in [0.15, 0.2) is 11.5 Å². The SMILES string of the molecule is CCCCCCCOc1ccc(C(=O)O)cc1OCC. The molecule has 0 aromatic heterocycles. The highest BCUT2D eigenvalue weighted by Gasteiger charge is 2.10. The van der Waals surface area contributed by atoms with E-state index in [1.54, 1.807) is 6.07 Å². The Morgan fingerprint density at radius 1 is 1.05 bits per heavy atom. The Hall–Kier alpha value is -1.71. The summed E-state index contributed by atoms with van der Waals surface area (Å²) in [5.41, 5.74) is 0.212. The van der Waals surface area contributed by atoms with Gasteiger partial charge < -0.3 is 14.6 Å². The van der Waals surface area contributed by atoms with Gasteiger partial charge in [-0.1, -0.05) is 32.6 Å². The van der Waals surface area contributed by atoms with Gasteiger partial charge in [0.2, 0.25) is 0 Å². The molecule has 20 heavy (non-hydrogen) atoms. The normalized spacial score (nSPS) is 10.3. The quantitative estimate of drug-likeness (QED) is 0.655. The van der Waals surface area contributed by atoms with Gasteiger partial charge in [-0.2, -0.15) is 0 Å². The molecule has 0 bridgehead atoms. The zero-order valence-corrected chi connectivity index (χ0v) is 12.4. The van der Waals surface area contributed by atoms with E-state index in [2.05, 4.69) is 6.92 Å². The van der Waals surface area contributed by atoms with Crippen LogP contribution in [-0.4, -0.2) is 24.3 Å². The Kier molecular flexibility index (Phi) is 7.55. The molecule has 4 nitrogen and oxygen atoms in total. The number of carboxylic acids is 1. The van der Waals surface area contributed by atoms with Crippen molar-refractivity contribution >= 4 is 5.97 Å². The van der Waals surface area contributed by atoms with Crippen LogP contribution in [0.5, 0.6) is 11.5 Å². The predicted octanol–water partition coefficient (Wildman–Crippen LogP) is 4.13. The standard InChI is InChI=1S/C16H24O4/c1-3-5-6-7-8-11-20-14-10-9-13(16(17)18)12-15(14)19-4-2/h9-10,12H,3-8,11H2,1-2H3,(H,17,18). The Morgan fingerprint density at radius 2 is 1.80 bits per heavy atom. The molecule has 0 atom stereocenters. The highest BCUT2D eigenvalue weighted by Crippen LogP contribution is 2.28. The topological polar surface area (TPSA) is 55.8 Å². The van der Waals surface area contributed by atoms with Crippen LogP contribution < -0.4 is 9.47 Å². The molecule has 0 fully saturated rings. The third-order valence-electron chi connectivity index (χ3n) is 3.00. The molecule has 0 saturated heterocycles. The van der Waals surface area contributed by atoms with E-state index in [-0.39, 0.29) is 5.56 Å². The second kappa shape index (κ2) is 9.23. The van der Waals surface area contributed by atoms with Crippen molar-refractivity contribution in [1.82, 2.24) is 0 Å².